The zero-order chi connectivity index (χ0) is 12.6. The number of nitrogens with zero attached hydrogens (tertiary/aromatic N) is 3. The number of aryl methyl sites for hydroxylation is 2. The van der Waals surface area contributed by atoms with Crippen molar-refractivity contribution in [3.8, 4) is 11.4 Å². The van der Waals surface area contributed by atoms with Crippen molar-refractivity contribution in [1.82, 2.24) is 14.8 Å². The minimum atomic E-state index is -1.48. The van der Waals surface area contributed by atoms with Crippen LogP contribution in [-0.4, -0.2) is 14.8 Å². The van der Waals surface area contributed by atoms with E-state index in [1.165, 1.54) is 4.68 Å². The average molecular weight is 241 g/mol. The zero-order valence-electron chi connectivity index (χ0n) is 9.34. The Bertz CT molecular complexity index is 540. The third kappa shape index (κ3) is 2.02. The van der Waals surface area contributed by atoms with Crippen LogP contribution in [0.4, 0.5) is 13.2 Å². The van der Waals surface area contributed by atoms with Gasteiger partial charge in [0.25, 0.3) is 0 Å². The Labute approximate surface area is 95.9 Å². The maximum Gasteiger partial charge on any atom is 0.194 e. The van der Waals surface area contributed by atoms with Gasteiger partial charge in [-0.1, -0.05) is 6.92 Å². The van der Waals surface area contributed by atoms with Gasteiger partial charge in [-0.3, -0.25) is 0 Å². The van der Waals surface area contributed by atoms with E-state index in [0.717, 1.165) is 12.1 Å². The molecule has 17 heavy (non-hydrogen) atoms. The van der Waals surface area contributed by atoms with Gasteiger partial charge in [-0.05, 0) is 12.1 Å². The van der Waals surface area contributed by atoms with Crippen molar-refractivity contribution in [2.75, 3.05) is 0 Å². The largest absolute Gasteiger partial charge is 0.249 e. The molecule has 90 valence electrons. The molecule has 2 rings (SSSR count). The predicted octanol–water partition coefficient (Wildman–Crippen LogP) is 2.46. The smallest absolute Gasteiger partial charge is 0.194 e. The van der Waals surface area contributed by atoms with Gasteiger partial charge in [0.05, 0.1) is 0 Å². The fourth-order valence-electron chi connectivity index (χ4n) is 1.52. The maximum absolute atomic E-state index is 13.1. The molecule has 0 saturated carbocycles. The molecular weight excluding hydrogens is 231 g/mol. The van der Waals surface area contributed by atoms with E-state index in [4.69, 9.17) is 0 Å². The Kier molecular flexibility index (Phi) is 2.87. The van der Waals surface area contributed by atoms with Crippen molar-refractivity contribution in [3.05, 3.63) is 35.4 Å². The number of halogens is 3. The lowest BCUT2D eigenvalue weighted by atomic mass is 10.2. The first kappa shape index (κ1) is 11.6. The predicted molar refractivity (Wildman–Crippen MR) is 55.7 cm³/mol. The van der Waals surface area contributed by atoms with Crippen LogP contribution in [0.5, 0.6) is 0 Å². The standard InChI is InChI=1S/C11H10F3N3/c1-3-9-15-11(17(2)16-9)6-4-7(12)10(14)8(13)5-6/h4-5H,3H2,1-2H3. The van der Waals surface area contributed by atoms with E-state index in [0.29, 0.717) is 18.1 Å². The van der Waals surface area contributed by atoms with Crippen LogP contribution in [0.25, 0.3) is 11.4 Å². The van der Waals surface area contributed by atoms with Gasteiger partial charge in [0, 0.05) is 19.0 Å². The van der Waals surface area contributed by atoms with Crippen molar-refractivity contribution in [2.45, 2.75) is 13.3 Å². The summed E-state index contributed by atoms with van der Waals surface area (Å²) in [5.74, 6) is -3.08. The molecule has 0 saturated heterocycles. The molecule has 0 aliphatic heterocycles. The molecule has 6 heteroatoms. The second-order valence-corrected chi connectivity index (χ2v) is 3.58. The van der Waals surface area contributed by atoms with Gasteiger partial charge in [-0.25, -0.2) is 22.8 Å². The van der Waals surface area contributed by atoms with Crippen LogP contribution in [-0.2, 0) is 13.5 Å². The first-order chi connectivity index (χ1) is 8.02. The number of aromatic nitrogens is 3. The summed E-state index contributed by atoms with van der Waals surface area (Å²) in [6.45, 7) is 1.87. The molecule has 0 fully saturated rings. The van der Waals surface area contributed by atoms with E-state index in [-0.39, 0.29) is 5.56 Å². The van der Waals surface area contributed by atoms with Crippen molar-refractivity contribution in [3.63, 3.8) is 0 Å². The Morgan fingerprint density at radius 2 is 1.76 bits per heavy atom. The van der Waals surface area contributed by atoms with Gasteiger partial charge in [0.2, 0.25) is 0 Å². The van der Waals surface area contributed by atoms with Crippen molar-refractivity contribution in [2.24, 2.45) is 7.05 Å². The topological polar surface area (TPSA) is 30.7 Å². The molecule has 3 nitrogen and oxygen atoms in total. The molecule has 1 aromatic carbocycles. The summed E-state index contributed by atoms with van der Waals surface area (Å²) >= 11 is 0. The van der Waals surface area contributed by atoms with E-state index >= 15 is 0 Å². The maximum atomic E-state index is 13.1. The highest BCUT2D eigenvalue weighted by Gasteiger charge is 2.15. The summed E-state index contributed by atoms with van der Waals surface area (Å²) in [7, 11) is 1.61. The van der Waals surface area contributed by atoms with E-state index in [1.54, 1.807) is 7.05 Å². The second kappa shape index (κ2) is 4.20. The normalized spacial score (nSPS) is 10.9. The van der Waals surface area contributed by atoms with Crippen LogP contribution in [0, 0.1) is 17.5 Å². The molecule has 0 N–H and O–H groups in total. The molecule has 0 aliphatic carbocycles. The van der Waals surface area contributed by atoms with Crippen molar-refractivity contribution in [1.29, 1.82) is 0 Å². The fourth-order valence-corrected chi connectivity index (χ4v) is 1.52. The molecule has 0 atom stereocenters. The summed E-state index contributed by atoms with van der Waals surface area (Å²) in [6, 6.07) is 1.81. The number of rotatable bonds is 2. The Morgan fingerprint density at radius 3 is 2.24 bits per heavy atom. The SMILES string of the molecule is CCc1nc(-c2cc(F)c(F)c(F)c2)n(C)n1. The van der Waals surface area contributed by atoms with Crippen LogP contribution >= 0.6 is 0 Å². The summed E-state index contributed by atoms with van der Waals surface area (Å²) in [4.78, 5) is 4.11. The Hall–Kier alpha value is -1.85. The van der Waals surface area contributed by atoms with E-state index < -0.39 is 17.5 Å². The Balaban J connectivity index is 2.56. The third-order valence-electron chi connectivity index (χ3n) is 2.37. The quantitative estimate of drug-likeness (QED) is 0.756. The molecule has 0 spiro atoms. The lowest BCUT2D eigenvalue weighted by Crippen LogP contribution is -1.98. The first-order valence-corrected chi connectivity index (χ1v) is 5.07. The van der Waals surface area contributed by atoms with Gasteiger partial charge >= 0.3 is 0 Å². The highest BCUT2D eigenvalue weighted by Crippen LogP contribution is 2.22. The summed E-state index contributed by atoms with van der Waals surface area (Å²) in [6.07, 6.45) is 0.611. The lowest BCUT2D eigenvalue weighted by Gasteiger charge is -2.02. The molecule has 1 heterocycles. The molecule has 1 aromatic heterocycles. The molecular formula is C11H10F3N3. The Morgan fingerprint density at radius 1 is 1.18 bits per heavy atom. The highest BCUT2D eigenvalue weighted by molar-refractivity contribution is 5.55. The fraction of sp³-hybridized carbons (Fsp3) is 0.273. The van der Waals surface area contributed by atoms with Gasteiger partial charge < -0.3 is 0 Å². The minimum absolute atomic E-state index is 0.163. The van der Waals surface area contributed by atoms with Crippen LogP contribution in [0.1, 0.15) is 12.7 Å². The summed E-state index contributed by atoms with van der Waals surface area (Å²) in [5.41, 5.74) is 0.163. The average Bonchev–Trinajstić information content (AvgIpc) is 2.67. The van der Waals surface area contributed by atoms with Crippen molar-refractivity contribution < 1.29 is 13.2 Å². The van der Waals surface area contributed by atoms with Crippen molar-refractivity contribution >= 4 is 0 Å². The number of benzene rings is 1. The molecule has 0 aliphatic rings. The van der Waals surface area contributed by atoms with E-state index in [1.807, 2.05) is 6.92 Å². The van der Waals surface area contributed by atoms with Crippen LogP contribution < -0.4 is 0 Å². The monoisotopic (exact) mass is 241 g/mol. The zero-order valence-corrected chi connectivity index (χ0v) is 9.34. The molecule has 0 bridgehead atoms. The summed E-state index contributed by atoms with van der Waals surface area (Å²) < 4.78 is 40.4. The first-order valence-electron chi connectivity index (χ1n) is 5.07. The van der Waals surface area contributed by atoms with Gasteiger partial charge in [-0.15, -0.1) is 0 Å². The van der Waals surface area contributed by atoms with Crippen LogP contribution in [0.3, 0.4) is 0 Å². The minimum Gasteiger partial charge on any atom is -0.249 e. The second-order valence-electron chi connectivity index (χ2n) is 3.58. The summed E-state index contributed by atoms with van der Waals surface area (Å²) in [5, 5.41) is 4.05. The van der Waals surface area contributed by atoms with Gasteiger partial charge in [0.15, 0.2) is 29.1 Å². The van der Waals surface area contributed by atoms with Gasteiger partial charge in [-0.2, -0.15) is 5.10 Å². The molecule has 0 amide bonds. The third-order valence-corrected chi connectivity index (χ3v) is 2.37. The van der Waals surface area contributed by atoms with Gasteiger partial charge in [0.1, 0.15) is 0 Å². The molecule has 0 radical (unpaired) electrons. The van der Waals surface area contributed by atoms with E-state index in [9.17, 15) is 13.2 Å². The number of hydrogen-bond acceptors (Lipinski definition) is 2. The van der Waals surface area contributed by atoms with E-state index in [2.05, 4.69) is 10.1 Å². The van der Waals surface area contributed by atoms with Crippen LogP contribution in [0.15, 0.2) is 12.1 Å². The van der Waals surface area contributed by atoms with Crippen LogP contribution in [0.2, 0.25) is 0 Å². The number of hydrogen-bond donors (Lipinski definition) is 0. The highest BCUT2D eigenvalue weighted by atomic mass is 19.2. The lowest BCUT2D eigenvalue weighted by molar-refractivity contribution is 0.447. The molecule has 2 aromatic rings. The molecule has 0 unspecified atom stereocenters.